The maximum absolute atomic E-state index is 6.33. The molecule has 2 heterocycles. The highest BCUT2D eigenvalue weighted by Crippen LogP contribution is 2.97. The summed E-state index contributed by atoms with van der Waals surface area (Å²) in [6, 6.07) is 18.6. The predicted molar refractivity (Wildman–Crippen MR) is 156 cm³/mol. The molecule has 204 valence electrons. The van der Waals surface area contributed by atoms with Crippen LogP contribution in [-0.4, -0.2) is 36.6 Å². The van der Waals surface area contributed by atoms with Gasteiger partial charge in [0.05, 0.1) is 22.4 Å². The van der Waals surface area contributed by atoms with Crippen LogP contribution in [0.25, 0.3) is 0 Å². The van der Waals surface area contributed by atoms with Gasteiger partial charge in [0.1, 0.15) is 0 Å². The first-order valence-corrected chi connectivity index (χ1v) is 15.1. The van der Waals surface area contributed by atoms with Crippen molar-refractivity contribution in [3.63, 3.8) is 0 Å². The Morgan fingerprint density at radius 3 is 1.18 bits per heavy atom. The summed E-state index contributed by atoms with van der Waals surface area (Å²) in [5, 5.41) is 0. The van der Waals surface area contributed by atoms with Gasteiger partial charge in [-0.3, -0.25) is 0 Å². The Morgan fingerprint density at radius 1 is 0.538 bits per heavy atom. The van der Waals surface area contributed by atoms with Crippen LogP contribution in [0.1, 0.15) is 92.2 Å². The lowest BCUT2D eigenvalue weighted by Gasteiger charge is -2.96. The van der Waals surface area contributed by atoms with Crippen molar-refractivity contribution in [2.24, 2.45) is 17.3 Å². The van der Waals surface area contributed by atoms with E-state index in [0.717, 1.165) is 22.8 Å². The molecule has 39 heavy (non-hydrogen) atoms. The molecule has 4 aliphatic carbocycles. The van der Waals surface area contributed by atoms with Crippen LogP contribution in [0.3, 0.4) is 0 Å². The quantitative estimate of drug-likeness (QED) is 0.510. The van der Waals surface area contributed by atoms with Gasteiger partial charge in [0.2, 0.25) is 0 Å². The maximum Gasteiger partial charge on any atom is 0.494 e. The minimum Gasteiger partial charge on any atom is -0.399 e. The standard InChI is InChI=1S/C33H42B2O4/c1-27(2)28(3,4)37-34(36-27)25-13-9-21(10-14-25)31-18-23-17-24-19-32(20-31,33(23,24)31)22-11-15-26(16-12-22)35-38-29(5,6)30(7,8)39-35/h9-16,23-24H,17-20H2,1-8H3. The molecular formula is C33H42B2O4. The van der Waals surface area contributed by atoms with Crippen molar-refractivity contribution in [1.29, 1.82) is 0 Å². The third-order valence-corrected chi connectivity index (χ3v) is 13.2. The Morgan fingerprint density at radius 2 is 0.872 bits per heavy atom. The molecule has 1 spiro atoms. The normalized spacial score (nSPS) is 41.0. The maximum atomic E-state index is 6.33. The van der Waals surface area contributed by atoms with Crippen molar-refractivity contribution in [3.05, 3.63) is 59.7 Å². The van der Waals surface area contributed by atoms with Gasteiger partial charge < -0.3 is 18.6 Å². The van der Waals surface area contributed by atoms with Crippen LogP contribution >= 0.6 is 0 Å². The summed E-state index contributed by atoms with van der Waals surface area (Å²) < 4.78 is 25.3. The Kier molecular flexibility index (Phi) is 4.55. The molecule has 4 atom stereocenters. The van der Waals surface area contributed by atoms with Crippen LogP contribution in [0.4, 0.5) is 0 Å². The highest BCUT2D eigenvalue weighted by Gasteiger charge is 2.93. The first-order chi connectivity index (χ1) is 18.2. The second-order valence-corrected chi connectivity index (χ2v) is 15.7. The molecule has 6 fully saturated rings. The van der Waals surface area contributed by atoms with Crippen LogP contribution in [0.2, 0.25) is 0 Å². The molecule has 2 aliphatic heterocycles. The van der Waals surface area contributed by atoms with E-state index in [9.17, 15) is 0 Å². The Balaban J connectivity index is 1.05. The summed E-state index contributed by atoms with van der Waals surface area (Å²) in [6.07, 6.45) is 5.42. The summed E-state index contributed by atoms with van der Waals surface area (Å²) in [5.41, 5.74) is 5.23. The molecule has 0 aromatic heterocycles. The Labute approximate surface area is 234 Å². The fraction of sp³-hybridized carbons (Fsp3) is 0.636. The average molecular weight is 524 g/mol. The van der Waals surface area contributed by atoms with Gasteiger partial charge in [0.25, 0.3) is 0 Å². The van der Waals surface area contributed by atoms with E-state index in [2.05, 4.69) is 104 Å². The smallest absolute Gasteiger partial charge is 0.399 e. The highest BCUT2D eigenvalue weighted by molar-refractivity contribution is 6.62. The molecule has 0 N–H and O–H groups in total. The lowest BCUT2D eigenvalue weighted by Crippen LogP contribution is -2.93. The molecule has 2 aromatic carbocycles. The second kappa shape index (κ2) is 7.06. The molecule has 4 nitrogen and oxygen atoms in total. The first-order valence-electron chi connectivity index (χ1n) is 15.1. The zero-order valence-electron chi connectivity index (χ0n) is 24.9. The zero-order chi connectivity index (χ0) is 27.4. The second-order valence-electron chi connectivity index (χ2n) is 15.7. The SMILES string of the molecule is CC1(C)OB(c2ccc(C34CC5CC6CC(c7ccc(B8OC(C)(C)C(C)(C)O8)cc7)(C3)C564)cc2)OC1(C)C. The van der Waals surface area contributed by atoms with Crippen molar-refractivity contribution in [2.45, 2.75) is 114 Å². The van der Waals surface area contributed by atoms with E-state index in [-0.39, 0.29) is 36.6 Å². The molecule has 2 saturated heterocycles. The third-order valence-electron chi connectivity index (χ3n) is 13.2. The van der Waals surface area contributed by atoms with Crippen molar-refractivity contribution in [3.8, 4) is 0 Å². The molecule has 0 bridgehead atoms. The molecule has 4 unspecified atom stereocenters. The van der Waals surface area contributed by atoms with Gasteiger partial charge in [0.15, 0.2) is 0 Å². The lowest BCUT2D eigenvalue weighted by molar-refractivity contribution is -0.412. The Hall–Kier alpha value is -1.59. The van der Waals surface area contributed by atoms with Crippen molar-refractivity contribution >= 4 is 25.2 Å². The molecular weight excluding hydrogens is 482 g/mol. The van der Waals surface area contributed by atoms with Gasteiger partial charge >= 0.3 is 14.2 Å². The minimum atomic E-state index is -0.314. The summed E-state index contributed by atoms with van der Waals surface area (Å²) >= 11 is 0. The fourth-order valence-corrected chi connectivity index (χ4v) is 9.95. The van der Waals surface area contributed by atoms with Gasteiger partial charge in [-0.05, 0) is 120 Å². The van der Waals surface area contributed by atoms with Gasteiger partial charge in [0, 0.05) is 10.8 Å². The van der Waals surface area contributed by atoms with Gasteiger partial charge in [-0.1, -0.05) is 48.5 Å². The highest BCUT2D eigenvalue weighted by atomic mass is 16.7. The number of benzene rings is 2. The number of hydrogen-bond donors (Lipinski definition) is 0. The van der Waals surface area contributed by atoms with Gasteiger partial charge in [-0.25, -0.2) is 0 Å². The molecule has 4 saturated carbocycles. The average Bonchev–Trinajstić information content (AvgIpc) is 3.17. The first kappa shape index (κ1) is 25.1. The van der Waals surface area contributed by atoms with Gasteiger partial charge in [-0.15, -0.1) is 0 Å². The molecule has 0 radical (unpaired) electrons. The van der Waals surface area contributed by atoms with Crippen LogP contribution < -0.4 is 10.9 Å². The van der Waals surface area contributed by atoms with Crippen molar-refractivity contribution < 1.29 is 18.6 Å². The molecule has 8 rings (SSSR count). The van der Waals surface area contributed by atoms with E-state index in [0.29, 0.717) is 16.2 Å². The van der Waals surface area contributed by atoms with E-state index in [1.807, 2.05) is 0 Å². The number of rotatable bonds is 4. The van der Waals surface area contributed by atoms with Gasteiger partial charge in [-0.2, -0.15) is 0 Å². The largest absolute Gasteiger partial charge is 0.494 e. The van der Waals surface area contributed by atoms with E-state index >= 15 is 0 Å². The van der Waals surface area contributed by atoms with Crippen molar-refractivity contribution in [1.82, 2.24) is 0 Å². The van der Waals surface area contributed by atoms with Crippen molar-refractivity contribution in [2.75, 3.05) is 0 Å². The molecule has 6 aliphatic rings. The monoisotopic (exact) mass is 524 g/mol. The zero-order valence-corrected chi connectivity index (χ0v) is 24.9. The van der Waals surface area contributed by atoms with E-state index < -0.39 is 0 Å². The predicted octanol–water partition coefficient (Wildman–Crippen LogP) is 5.29. The van der Waals surface area contributed by atoms with E-state index in [1.54, 1.807) is 0 Å². The summed E-state index contributed by atoms with van der Waals surface area (Å²) in [6.45, 7) is 17.0. The number of hydrogen-bond acceptors (Lipinski definition) is 4. The summed E-state index contributed by atoms with van der Waals surface area (Å²) in [7, 11) is -0.589. The summed E-state index contributed by atoms with van der Waals surface area (Å²) in [4.78, 5) is 0. The summed E-state index contributed by atoms with van der Waals surface area (Å²) in [5.74, 6) is 1.77. The molecule has 0 amide bonds. The van der Waals surface area contributed by atoms with Crippen LogP contribution in [0.5, 0.6) is 0 Å². The Bertz CT molecular complexity index is 1230. The van der Waals surface area contributed by atoms with Crippen LogP contribution in [0, 0.1) is 17.3 Å². The molecule has 6 heteroatoms. The van der Waals surface area contributed by atoms with E-state index in [1.165, 1.54) is 36.8 Å². The third kappa shape index (κ3) is 2.70. The minimum absolute atomic E-state index is 0.294. The lowest BCUT2D eigenvalue weighted by atomic mass is 9.07. The topological polar surface area (TPSA) is 36.9 Å². The van der Waals surface area contributed by atoms with Crippen LogP contribution in [0.15, 0.2) is 48.5 Å². The molecule has 2 aromatic rings. The van der Waals surface area contributed by atoms with E-state index in [4.69, 9.17) is 18.6 Å². The fourth-order valence-electron chi connectivity index (χ4n) is 9.95. The van der Waals surface area contributed by atoms with Crippen LogP contribution in [-0.2, 0) is 29.4 Å².